The second kappa shape index (κ2) is 8.10. The summed E-state index contributed by atoms with van der Waals surface area (Å²) in [6.45, 7) is 4.56. The average Bonchev–Trinajstić information content (AvgIpc) is 3.23. The summed E-state index contributed by atoms with van der Waals surface area (Å²) in [5, 5.41) is 0. The second-order valence-electron chi connectivity index (χ2n) is 7.57. The van der Waals surface area contributed by atoms with Crippen LogP contribution in [-0.4, -0.2) is 51.4 Å². The Hall–Kier alpha value is -3.87. The van der Waals surface area contributed by atoms with E-state index in [2.05, 4.69) is 14.9 Å². The first-order valence-electron chi connectivity index (χ1n) is 10.4. The molecule has 0 radical (unpaired) electrons. The van der Waals surface area contributed by atoms with Crippen molar-refractivity contribution in [3.05, 3.63) is 84.4 Å². The summed E-state index contributed by atoms with van der Waals surface area (Å²) in [5.41, 5.74) is 1.74. The van der Waals surface area contributed by atoms with Gasteiger partial charge in [-0.05, 0) is 37.3 Å². The third-order valence-electron chi connectivity index (χ3n) is 5.41. The van der Waals surface area contributed by atoms with E-state index in [4.69, 9.17) is 4.74 Å². The van der Waals surface area contributed by atoms with Crippen LogP contribution in [0.3, 0.4) is 0 Å². The minimum atomic E-state index is 0.0651. The highest BCUT2D eigenvalue weighted by molar-refractivity contribution is 5.95. The number of hydrogen-bond donors (Lipinski definition) is 0. The highest BCUT2D eigenvalue weighted by atomic mass is 16.5. The first kappa shape index (κ1) is 19.1. The number of carbonyl (C=O) groups excluding carboxylic acids is 1. The highest BCUT2D eigenvalue weighted by Gasteiger charge is 2.24. The molecule has 0 aliphatic carbocycles. The number of nitrogens with zero attached hydrogens (tertiary/aromatic N) is 5. The summed E-state index contributed by atoms with van der Waals surface area (Å²) < 4.78 is 7.87. The van der Waals surface area contributed by atoms with E-state index in [1.54, 1.807) is 0 Å². The van der Waals surface area contributed by atoms with Crippen LogP contribution in [0.2, 0.25) is 0 Å². The molecule has 0 N–H and O–H groups in total. The van der Waals surface area contributed by atoms with Gasteiger partial charge in [0, 0.05) is 50.2 Å². The topological polar surface area (TPSA) is 63.0 Å². The molecule has 156 valence electrons. The first-order chi connectivity index (χ1) is 15.2. The van der Waals surface area contributed by atoms with Crippen molar-refractivity contribution in [1.82, 2.24) is 19.3 Å². The van der Waals surface area contributed by atoms with Crippen molar-refractivity contribution in [1.29, 1.82) is 0 Å². The van der Waals surface area contributed by atoms with Crippen molar-refractivity contribution >= 4 is 17.2 Å². The summed E-state index contributed by atoms with van der Waals surface area (Å²) in [5.74, 6) is 2.80. The summed E-state index contributed by atoms with van der Waals surface area (Å²) in [6.07, 6.45) is 3.85. The monoisotopic (exact) mass is 413 g/mol. The quantitative estimate of drug-likeness (QED) is 0.509. The second-order valence-corrected chi connectivity index (χ2v) is 7.57. The van der Waals surface area contributed by atoms with Crippen molar-refractivity contribution in [2.75, 3.05) is 31.1 Å². The van der Waals surface area contributed by atoms with Gasteiger partial charge in [-0.2, -0.15) is 4.98 Å². The zero-order valence-corrected chi connectivity index (χ0v) is 17.3. The summed E-state index contributed by atoms with van der Waals surface area (Å²) in [7, 11) is 0. The Kier molecular flexibility index (Phi) is 5.00. The van der Waals surface area contributed by atoms with Gasteiger partial charge in [-0.3, -0.25) is 4.79 Å². The van der Waals surface area contributed by atoms with Gasteiger partial charge in [-0.1, -0.05) is 24.3 Å². The van der Waals surface area contributed by atoms with E-state index < -0.39 is 0 Å². The predicted octanol–water partition coefficient (Wildman–Crippen LogP) is 3.79. The molecular formula is C24H23N5O2. The lowest BCUT2D eigenvalue weighted by Crippen LogP contribution is -2.49. The van der Waals surface area contributed by atoms with Gasteiger partial charge >= 0.3 is 0 Å². The number of para-hydroxylation sites is 1. The van der Waals surface area contributed by atoms with Crippen molar-refractivity contribution in [2.24, 2.45) is 0 Å². The molecule has 3 aromatic heterocycles. The summed E-state index contributed by atoms with van der Waals surface area (Å²) >= 11 is 0. The Bertz CT molecular complexity index is 1180. The Morgan fingerprint density at radius 1 is 0.935 bits per heavy atom. The predicted molar refractivity (Wildman–Crippen MR) is 119 cm³/mol. The van der Waals surface area contributed by atoms with Gasteiger partial charge in [0.25, 0.3) is 5.91 Å². The van der Waals surface area contributed by atoms with Gasteiger partial charge in [0.1, 0.15) is 17.4 Å². The normalized spacial score (nSPS) is 14.1. The number of amides is 1. The number of anilines is 1. The third-order valence-corrected chi connectivity index (χ3v) is 5.41. The molecule has 1 aliphatic heterocycles. The van der Waals surface area contributed by atoms with Gasteiger partial charge in [0.2, 0.25) is 5.88 Å². The van der Waals surface area contributed by atoms with Crippen LogP contribution >= 0.6 is 0 Å². The zero-order chi connectivity index (χ0) is 21.2. The van der Waals surface area contributed by atoms with Crippen LogP contribution in [0.5, 0.6) is 11.6 Å². The summed E-state index contributed by atoms with van der Waals surface area (Å²) in [6, 6.07) is 19.3. The number of piperazine rings is 1. The van der Waals surface area contributed by atoms with Gasteiger partial charge in [-0.25, -0.2) is 4.98 Å². The molecular weight excluding hydrogens is 390 g/mol. The summed E-state index contributed by atoms with van der Waals surface area (Å²) in [4.78, 5) is 26.0. The maximum Gasteiger partial charge on any atom is 0.255 e. The number of pyridine rings is 1. The van der Waals surface area contributed by atoms with E-state index in [9.17, 15) is 4.79 Å². The fraction of sp³-hybridized carbons (Fsp3) is 0.208. The van der Waals surface area contributed by atoms with E-state index >= 15 is 0 Å². The molecule has 0 unspecified atom stereocenters. The maximum absolute atomic E-state index is 13.0. The minimum Gasteiger partial charge on any atom is -0.439 e. The minimum absolute atomic E-state index is 0.0651. The Labute approximate surface area is 180 Å². The molecule has 1 aromatic carbocycles. The number of aryl methyl sites for hydroxylation is 1. The van der Waals surface area contributed by atoms with Gasteiger partial charge < -0.3 is 18.9 Å². The lowest BCUT2D eigenvalue weighted by molar-refractivity contribution is 0.0746. The largest absolute Gasteiger partial charge is 0.439 e. The number of hydrogen-bond acceptors (Lipinski definition) is 5. The van der Waals surface area contributed by atoms with Gasteiger partial charge in [-0.15, -0.1) is 0 Å². The van der Waals surface area contributed by atoms with E-state index in [0.717, 1.165) is 22.6 Å². The Balaban J connectivity index is 1.27. The highest BCUT2D eigenvalue weighted by Crippen LogP contribution is 2.24. The molecule has 1 amide bonds. The van der Waals surface area contributed by atoms with Crippen LogP contribution in [0.1, 0.15) is 16.2 Å². The number of carbonyl (C=O) groups is 1. The molecule has 4 heterocycles. The molecule has 0 bridgehead atoms. The lowest BCUT2D eigenvalue weighted by atomic mass is 10.2. The number of ether oxygens (including phenoxy) is 1. The molecule has 1 saturated heterocycles. The maximum atomic E-state index is 13.0. The van der Waals surface area contributed by atoms with Crippen LogP contribution in [-0.2, 0) is 0 Å². The van der Waals surface area contributed by atoms with Gasteiger partial charge in [0.15, 0.2) is 0 Å². The molecule has 1 fully saturated rings. The average molecular weight is 413 g/mol. The van der Waals surface area contributed by atoms with Crippen LogP contribution in [0.25, 0.3) is 5.52 Å². The van der Waals surface area contributed by atoms with Crippen molar-refractivity contribution in [2.45, 2.75) is 6.92 Å². The first-order valence-corrected chi connectivity index (χ1v) is 10.4. The van der Waals surface area contributed by atoms with Crippen LogP contribution in [0.4, 0.5) is 5.82 Å². The standard InChI is InChI=1S/C24H23N5O2/c1-18-25-22(16-23(26-18)31-21-8-3-2-4-9-21)27-11-13-28(14-12-27)24(30)19-15-20-7-5-6-10-29(20)17-19/h2-10,15-17H,11-14H2,1H3. The number of aromatic nitrogens is 3. The van der Waals surface area contributed by atoms with Crippen molar-refractivity contribution in [3.63, 3.8) is 0 Å². The lowest BCUT2D eigenvalue weighted by Gasteiger charge is -2.35. The smallest absolute Gasteiger partial charge is 0.255 e. The van der Waals surface area contributed by atoms with Crippen LogP contribution in [0, 0.1) is 6.92 Å². The number of fused-ring (bicyclic) bond motifs is 1. The van der Waals surface area contributed by atoms with Crippen molar-refractivity contribution in [3.8, 4) is 11.6 Å². The van der Waals surface area contributed by atoms with E-state index in [1.807, 2.05) is 89.3 Å². The van der Waals surface area contributed by atoms with Gasteiger partial charge in [0.05, 0.1) is 5.56 Å². The zero-order valence-electron chi connectivity index (χ0n) is 17.3. The molecule has 4 aromatic rings. The molecule has 1 aliphatic rings. The molecule has 0 saturated carbocycles. The molecule has 0 atom stereocenters. The SMILES string of the molecule is Cc1nc(Oc2ccccc2)cc(N2CCN(C(=O)c3cc4ccccn4c3)CC2)n1. The van der Waals surface area contributed by atoms with Crippen molar-refractivity contribution < 1.29 is 9.53 Å². The fourth-order valence-corrected chi connectivity index (χ4v) is 3.84. The molecule has 7 heteroatoms. The number of benzene rings is 1. The van der Waals surface area contributed by atoms with E-state index in [-0.39, 0.29) is 5.91 Å². The number of rotatable bonds is 4. The van der Waals surface area contributed by atoms with E-state index in [1.165, 1.54) is 0 Å². The van der Waals surface area contributed by atoms with Crippen LogP contribution in [0.15, 0.2) is 73.1 Å². The van der Waals surface area contributed by atoms with E-state index in [0.29, 0.717) is 37.9 Å². The Morgan fingerprint density at radius 3 is 2.48 bits per heavy atom. The molecule has 5 rings (SSSR count). The fourth-order valence-electron chi connectivity index (χ4n) is 3.84. The van der Waals surface area contributed by atoms with Crippen LogP contribution < -0.4 is 9.64 Å². The molecule has 7 nitrogen and oxygen atoms in total. The third kappa shape index (κ3) is 4.07. The molecule has 0 spiro atoms. The molecule has 31 heavy (non-hydrogen) atoms. The Morgan fingerprint density at radius 2 is 1.71 bits per heavy atom.